The average Bonchev–Trinajstić information content (AvgIpc) is 2.15. The predicted octanol–water partition coefficient (Wildman–Crippen LogP) is 2.52. The summed E-state index contributed by atoms with van der Waals surface area (Å²) in [4.78, 5) is 1.19. The Bertz CT molecular complexity index is 233. The van der Waals surface area contributed by atoms with E-state index >= 15 is 0 Å². The molecule has 13 heavy (non-hydrogen) atoms. The minimum Gasteiger partial charge on any atom is -0.508 e. The summed E-state index contributed by atoms with van der Waals surface area (Å²) in [5, 5.41) is 9.04. The summed E-state index contributed by atoms with van der Waals surface area (Å²) in [5.74, 6) is 1.37. The fraction of sp³-hybridized carbons (Fsp3) is 0.400. The van der Waals surface area contributed by atoms with E-state index in [0.717, 1.165) is 18.8 Å². The van der Waals surface area contributed by atoms with Crippen molar-refractivity contribution in [2.75, 3.05) is 19.5 Å². The Morgan fingerprint density at radius 2 is 2.00 bits per heavy atom. The first-order chi connectivity index (χ1) is 6.33. The fourth-order valence-electron chi connectivity index (χ4n) is 0.936. The number of phenolic OH excluding ortho intramolecular Hbond substituents is 1. The highest BCUT2D eigenvalue weighted by Gasteiger charge is 1.93. The van der Waals surface area contributed by atoms with Gasteiger partial charge in [-0.1, -0.05) is 0 Å². The van der Waals surface area contributed by atoms with Crippen LogP contribution in [0.5, 0.6) is 5.75 Å². The van der Waals surface area contributed by atoms with E-state index in [-0.39, 0.29) is 0 Å². The van der Waals surface area contributed by atoms with Crippen LogP contribution in [0.15, 0.2) is 29.2 Å². The van der Waals surface area contributed by atoms with Gasteiger partial charge in [0.05, 0.1) is 0 Å². The molecule has 0 unspecified atom stereocenters. The lowest BCUT2D eigenvalue weighted by molar-refractivity contribution is 0.200. The fourth-order valence-corrected chi connectivity index (χ4v) is 1.76. The third-order valence-electron chi connectivity index (χ3n) is 1.60. The Morgan fingerprint density at radius 1 is 1.31 bits per heavy atom. The summed E-state index contributed by atoms with van der Waals surface area (Å²) in [6.07, 6.45) is 1.06. The van der Waals surface area contributed by atoms with Crippen molar-refractivity contribution in [2.24, 2.45) is 0 Å². The monoisotopic (exact) mass is 198 g/mol. The van der Waals surface area contributed by atoms with Gasteiger partial charge in [0.15, 0.2) is 0 Å². The van der Waals surface area contributed by atoms with Crippen molar-refractivity contribution >= 4 is 11.8 Å². The van der Waals surface area contributed by atoms with Crippen molar-refractivity contribution in [3.63, 3.8) is 0 Å². The quantitative estimate of drug-likeness (QED) is 0.582. The maximum Gasteiger partial charge on any atom is 0.115 e. The minimum atomic E-state index is 0.321. The molecule has 1 aromatic rings. The molecule has 1 aromatic carbocycles. The summed E-state index contributed by atoms with van der Waals surface area (Å²) in [7, 11) is 1.71. The summed E-state index contributed by atoms with van der Waals surface area (Å²) in [6, 6.07) is 7.26. The van der Waals surface area contributed by atoms with E-state index in [4.69, 9.17) is 9.84 Å². The molecule has 0 fully saturated rings. The second kappa shape index (κ2) is 5.89. The molecule has 0 radical (unpaired) electrons. The SMILES string of the molecule is COCCCSc1ccc(O)cc1. The van der Waals surface area contributed by atoms with Crippen LogP contribution >= 0.6 is 11.8 Å². The molecule has 0 aromatic heterocycles. The highest BCUT2D eigenvalue weighted by atomic mass is 32.2. The first kappa shape index (κ1) is 10.4. The van der Waals surface area contributed by atoms with Crippen LogP contribution in [0, 0.1) is 0 Å². The van der Waals surface area contributed by atoms with Gasteiger partial charge in [-0.25, -0.2) is 0 Å². The zero-order chi connectivity index (χ0) is 9.52. The lowest BCUT2D eigenvalue weighted by atomic mass is 10.3. The Morgan fingerprint density at radius 3 is 2.62 bits per heavy atom. The van der Waals surface area contributed by atoms with Crippen LogP contribution < -0.4 is 0 Å². The molecule has 2 nitrogen and oxygen atoms in total. The standard InChI is InChI=1S/C10H14O2S/c1-12-7-2-8-13-10-5-3-9(11)4-6-10/h3-6,11H,2,7-8H2,1H3. The van der Waals surface area contributed by atoms with Gasteiger partial charge in [0, 0.05) is 24.4 Å². The van der Waals surface area contributed by atoms with Crippen molar-refractivity contribution in [1.29, 1.82) is 0 Å². The number of aromatic hydroxyl groups is 1. The molecule has 3 heteroatoms. The molecule has 0 aliphatic heterocycles. The van der Waals surface area contributed by atoms with Gasteiger partial charge in [0.25, 0.3) is 0 Å². The molecule has 0 atom stereocenters. The lowest BCUT2D eigenvalue weighted by Crippen LogP contribution is -1.89. The predicted molar refractivity (Wildman–Crippen MR) is 55.3 cm³/mol. The summed E-state index contributed by atoms with van der Waals surface area (Å²) in [6.45, 7) is 0.811. The highest BCUT2D eigenvalue weighted by molar-refractivity contribution is 7.99. The van der Waals surface area contributed by atoms with Crippen molar-refractivity contribution < 1.29 is 9.84 Å². The lowest BCUT2D eigenvalue weighted by Gasteiger charge is -2.00. The van der Waals surface area contributed by atoms with E-state index in [9.17, 15) is 0 Å². The van der Waals surface area contributed by atoms with Gasteiger partial charge in [0.1, 0.15) is 5.75 Å². The first-order valence-electron chi connectivity index (χ1n) is 4.23. The molecular formula is C10H14O2S. The molecule has 0 spiro atoms. The topological polar surface area (TPSA) is 29.5 Å². The normalized spacial score (nSPS) is 10.2. The number of rotatable bonds is 5. The van der Waals surface area contributed by atoms with Gasteiger partial charge in [-0.05, 0) is 30.7 Å². The van der Waals surface area contributed by atoms with Crippen LogP contribution in [-0.4, -0.2) is 24.6 Å². The van der Waals surface area contributed by atoms with Crippen LogP contribution in [0.1, 0.15) is 6.42 Å². The Labute approximate surface area is 82.9 Å². The van der Waals surface area contributed by atoms with Gasteiger partial charge in [-0.2, -0.15) is 0 Å². The molecule has 0 saturated heterocycles. The molecule has 0 amide bonds. The highest BCUT2D eigenvalue weighted by Crippen LogP contribution is 2.20. The zero-order valence-corrected chi connectivity index (χ0v) is 8.51. The van der Waals surface area contributed by atoms with Crippen LogP contribution in [0.25, 0.3) is 0 Å². The number of thioether (sulfide) groups is 1. The minimum absolute atomic E-state index is 0.321. The molecule has 0 aliphatic carbocycles. The zero-order valence-electron chi connectivity index (χ0n) is 7.69. The number of phenols is 1. The second-order valence-corrected chi connectivity index (χ2v) is 3.86. The van der Waals surface area contributed by atoms with Crippen LogP contribution in [-0.2, 0) is 4.74 Å². The second-order valence-electron chi connectivity index (χ2n) is 2.69. The molecule has 72 valence electrons. The Balaban J connectivity index is 2.25. The van der Waals surface area contributed by atoms with Gasteiger partial charge < -0.3 is 9.84 Å². The van der Waals surface area contributed by atoms with E-state index < -0.39 is 0 Å². The number of benzene rings is 1. The van der Waals surface area contributed by atoms with E-state index in [1.54, 1.807) is 31.0 Å². The van der Waals surface area contributed by atoms with E-state index in [0.29, 0.717) is 5.75 Å². The molecule has 1 rings (SSSR count). The first-order valence-corrected chi connectivity index (χ1v) is 5.22. The number of hydrogen-bond acceptors (Lipinski definition) is 3. The number of ether oxygens (including phenoxy) is 1. The largest absolute Gasteiger partial charge is 0.508 e. The summed E-state index contributed by atoms with van der Waals surface area (Å²) in [5.41, 5.74) is 0. The average molecular weight is 198 g/mol. The van der Waals surface area contributed by atoms with Crippen LogP contribution in [0.3, 0.4) is 0 Å². The van der Waals surface area contributed by atoms with Crippen LogP contribution in [0.2, 0.25) is 0 Å². The smallest absolute Gasteiger partial charge is 0.115 e. The third-order valence-corrected chi connectivity index (χ3v) is 2.70. The van der Waals surface area contributed by atoms with Crippen molar-refractivity contribution in [2.45, 2.75) is 11.3 Å². The van der Waals surface area contributed by atoms with Gasteiger partial charge in [0.2, 0.25) is 0 Å². The molecule has 0 saturated carbocycles. The number of hydrogen-bond donors (Lipinski definition) is 1. The Kier molecular flexibility index (Phi) is 4.72. The third kappa shape index (κ3) is 4.20. The van der Waals surface area contributed by atoms with Crippen molar-refractivity contribution in [1.82, 2.24) is 0 Å². The van der Waals surface area contributed by atoms with E-state index in [2.05, 4.69) is 0 Å². The summed E-state index contributed by atoms with van der Waals surface area (Å²) >= 11 is 1.78. The van der Waals surface area contributed by atoms with Crippen molar-refractivity contribution in [3.05, 3.63) is 24.3 Å². The Hall–Kier alpha value is -0.670. The van der Waals surface area contributed by atoms with Crippen LogP contribution in [0.4, 0.5) is 0 Å². The number of methoxy groups -OCH3 is 1. The van der Waals surface area contributed by atoms with E-state index in [1.807, 2.05) is 12.1 Å². The molecule has 0 heterocycles. The van der Waals surface area contributed by atoms with E-state index in [1.165, 1.54) is 4.90 Å². The maximum atomic E-state index is 9.04. The van der Waals surface area contributed by atoms with Gasteiger partial charge in [-0.15, -0.1) is 11.8 Å². The summed E-state index contributed by atoms with van der Waals surface area (Å²) < 4.78 is 4.95. The molecule has 1 N–H and O–H groups in total. The molecule has 0 bridgehead atoms. The van der Waals surface area contributed by atoms with Gasteiger partial charge >= 0.3 is 0 Å². The van der Waals surface area contributed by atoms with Gasteiger partial charge in [-0.3, -0.25) is 0 Å². The van der Waals surface area contributed by atoms with Crippen molar-refractivity contribution in [3.8, 4) is 5.75 Å². The maximum absolute atomic E-state index is 9.04. The molecule has 0 aliphatic rings. The molecular weight excluding hydrogens is 184 g/mol.